The van der Waals surface area contributed by atoms with Crippen LogP contribution in [0.2, 0.25) is 0 Å². The van der Waals surface area contributed by atoms with Gasteiger partial charge in [0.25, 0.3) is 0 Å². The van der Waals surface area contributed by atoms with Crippen molar-refractivity contribution in [1.82, 2.24) is 14.9 Å². The molecule has 1 saturated carbocycles. The number of hydrogen-bond donors (Lipinski definition) is 1. The highest BCUT2D eigenvalue weighted by atomic mass is 32.1. The van der Waals surface area contributed by atoms with Crippen molar-refractivity contribution in [2.24, 2.45) is 5.92 Å². The first-order valence-electron chi connectivity index (χ1n) is 13.6. The van der Waals surface area contributed by atoms with E-state index in [0.717, 1.165) is 30.0 Å². The van der Waals surface area contributed by atoms with Gasteiger partial charge >= 0.3 is 0 Å². The third-order valence-electron chi connectivity index (χ3n) is 8.73. The van der Waals surface area contributed by atoms with Gasteiger partial charge in [0.2, 0.25) is 5.95 Å². The van der Waals surface area contributed by atoms with Gasteiger partial charge in [-0.2, -0.15) is 5.26 Å². The van der Waals surface area contributed by atoms with E-state index >= 15 is 8.78 Å². The molecule has 0 radical (unpaired) electrons. The SMILES string of the molecule is C/C=C(/F)c1sc(N)c(C#N)c1/C(=C/CC)c1c2c(c3cnc(N4CC(C5(N(C)C)CC5)C4)nc3c1F)COC2. The standard InChI is InChI=1S/C30H32F2N6OS/c1-5-7-17(24-18(10-33)28(34)40-27(24)22(31)6-2)23-21-15-39-14-20(21)19-11-35-29(36-26(19)25(23)32)38-12-16(13-38)30(8-9-30)37(3)4/h6-7,11,16H,5,8-9,12-15,34H2,1-4H3/b17-7+,22-6+. The maximum Gasteiger partial charge on any atom is 0.225 e. The summed E-state index contributed by atoms with van der Waals surface area (Å²) in [4.78, 5) is 14.0. The minimum atomic E-state index is -0.521. The normalized spacial score (nSPS) is 18.8. The molecule has 10 heteroatoms. The summed E-state index contributed by atoms with van der Waals surface area (Å²) in [7, 11) is 4.27. The van der Waals surface area contributed by atoms with Gasteiger partial charge in [-0.1, -0.05) is 19.1 Å². The number of ether oxygens (including phenoxy) is 1. The molecule has 0 spiro atoms. The molecule has 40 heavy (non-hydrogen) atoms. The number of rotatable bonds is 7. The zero-order chi connectivity index (χ0) is 28.3. The monoisotopic (exact) mass is 562 g/mol. The molecule has 2 fully saturated rings. The summed E-state index contributed by atoms with van der Waals surface area (Å²) in [6.07, 6.45) is 7.78. The van der Waals surface area contributed by atoms with Crippen LogP contribution in [0.3, 0.4) is 0 Å². The van der Waals surface area contributed by atoms with E-state index < -0.39 is 11.6 Å². The number of hydrogen-bond acceptors (Lipinski definition) is 8. The number of fused-ring (bicyclic) bond motifs is 3. The molecule has 3 aliphatic rings. The number of halogens is 2. The number of anilines is 2. The average molecular weight is 563 g/mol. The third kappa shape index (κ3) is 3.94. The van der Waals surface area contributed by atoms with Crippen LogP contribution >= 0.6 is 11.3 Å². The molecule has 0 atom stereocenters. The van der Waals surface area contributed by atoms with Gasteiger partial charge < -0.3 is 20.3 Å². The highest BCUT2D eigenvalue weighted by Crippen LogP contribution is 2.50. The summed E-state index contributed by atoms with van der Waals surface area (Å²) in [5.74, 6) is 0.00354. The Hall–Kier alpha value is -3.39. The minimum absolute atomic E-state index is 0.147. The fourth-order valence-corrected chi connectivity index (χ4v) is 7.32. The number of aromatic nitrogens is 2. The van der Waals surface area contributed by atoms with Crippen LogP contribution in [0.4, 0.5) is 19.7 Å². The minimum Gasteiger partial charge on any atom is -0.389 e. The largest absolute Gasteiger partial charge is 0.389 e. The molecule has 1 aliphatic carbocycles. The number of benzene rings is 1. The third-order valence-corrected chi connectivity index (χ3v) is 9.76. The molecular formula is C30H32F2N6OS. The van der Waals surface area contributed by atoms with Crippen LogP contribution in [0.1, 0.15) is 65.8 Å². The van der Waals surface area contributed by atoms with Gasteiger partial charge in [-0.3, -0.25) is 0 Å². The molecule has 2 aromatic heterocycles. The van der Waals surface area contributed by atoms with Crippen LogP contribution in [0, 0.1) is 23.1 Å². The van der Waals surface area contributed by atoms with E-state index in [2.05, 4.69) is 34.9 Å². The van der Waals surface area contributed by atoms with Crippen molar-refractivity contribution in [3.63, 3.8) is 0 Å². The maximum absolute atomic E-state index is 16.8. The molecule has 0 unspecified atom stereocenters. The lowest BCUT2D eigenvalue weighted by atomic mass is 9.87. The summed E-state index contributed by atoms with van der Waals surface area (Å²) < 4.78 is 37.6. The molecule has 0 amide bonds. The smallest absolute Gasteiger partial charge is 0.225 e. The summed E-state index contributed by atoms with van der Waals surface area (Å²) in [6.45, 7) is 5.66. The van der Waals surface area contributed by atoms with Crippen LogP contribution in [0.25, 0.3) is 22.3 Å². The van der Waals surface area contributed by atoms with Crippen LogP contribution in [-0.2, 0) is 18.0 Å². The van der Waals surface area contributed by atoms with Crippen molar-refractivity contribution in [3.8, 4) is 6.07 Å². The van der Waals surface area contributed by atoms with Gasteiger partial charge in [0.15, 0.2) is 5.82 Å². The Morgan fingerprint density at radius 3 is 2.65 bits per heavy atom. The lowest BCUT2D eigenvalue weighted by Crippen LogP contribution is -2.57. The fourth-order valence-electron chi connectivity index (χ4n) is 6.32. The quantitative estimate of drug-likeness (QED) is 0.377. The zero-order valence-corrected chi connectivity index (χ0v) is 24.0. The molecule has 2 N–H and O–H groups in total. The number of nitrogens with two attached hydrogens (primary N) is 1. The fraction of sp³-hybridized carbons (Fsp3) is 0.433. The van der Waals surface area contributed by atoms with E-state index in [9.17, 15) is 5.26 Å². The molecule has 1 aromatic carbocycles. The highest BCUT2D eigenvalue weighted by Gasteiger charge is 2.55. The summed E-state index contributed by atoms with van der Waals surface area (Å²) in [5, 5.41) is 10.8. The van der Waals surface area contributed by atoms with Crippen LogP contribution in [-0.4, -0.2) is 47.6 Å². The van der Waals surface area contributed by atoms with Gasteiger partial charge in [0.1, 0.15) is 22.4 Å². The van der Waals surface area contributed by atoms with Gasteiger partial charge in [0.05, 0.1) is 23.7 Å². The van der Waals surface area contributed by atoms with Gasteiger partial charge in [-0.25, -0.2) is 18.7 Å². The number of nitrogens with zero attached hydrogens (tertiary/aromatic N) is 5. The second kappa shape index (κ2) is 9.91. The Bertz CT molecular complexity index is 1630. The lowest BCUT2D eigenvalue weighted by Gasteiger charge is -2.46. The topological polar surface area (TPSA) is 91.3 Å². The van der Waals surface area contributed by atoms with Crippen LogP contribution in [0.5, 0.6) is 0 Å². The molecule has 1 saturated heterocycles. The molecule has 4 heterocycles. The number of allylic oxidation sites excluding steroid dienone is 2. The molecule has 208 valence electrons. The van der Waals surface area contributed by atoms with E-state index in [1.165, 1.54) is 18.9 Å². The van der Waals surface area contributed by atoms with E-state index in [4.69, 9.17) is 15.5 Å². The summed E-state index contributed by atoms with van der Waals surface area (Å²) in [5.41, 5.74) is 9.31. The molecule has 7 nitrogen and oxygen atoms in total. The van der Waals surface area contributed by atoms with Gasteiger partial charge in [-0.05, 0) is 57.0 Å². The van der Waals surface area contributed by atoms with E-state index in [1.54, 1.807) is 13.1 Å². The van der Waals surface area contributed by atoms with Crippen molar-refractivity contribution < 1.29 is 13.5 Å². The maximum atomic E-state index is 16.8. The number of thiophene rings is 1. The lowest BCUT2D eigenvalue weighted by molar-refractivity contribution is 0.134. The molecule has 3 aromatic rings. The second-order valence-electron chi connectivity index (χ2n) is 11.0. The molecular weight excluding hydrogens is 530 g/mol. The zero-order valence-electron chi connectivity index (χ0n) is 23.1. The first-order valence-corrected chi connectivity index (χ1v) is 14.4. The van der Waals surface area contributed by atoms with Gasteiger partial charge in [0, 0.05) is 47.3 Å². The summed E-state index contributed by atoms with van der Waals surface area (Å²) in [6, 6.07) is 2.13. The second-order valence-corrected chi connectivity index (χ2v) is 12.0. The Labute approximate surface area is 236 Å². The first kappa shape index (κ1) is 26.8. The average Bonchev–Trinajstić information content (AvgIpc) is 3.44. The van der Waals surface area contributed by atoms with E-state index in [0.29, 0.717) is 47.0 Å². The first-order chi connectivity index (χ1) is 19.2. The highest BCUT2D eigenvalue weighted by molar-refractivity contribution is 7.17. The number of nitriles is 1. The molecule has 2 aliphatic heterocycles. The Morgan fingerprint density at radius 1 is 1.30 bits per heavy atom. The Morgan fingerprint density at radius 2 is 2.02 bits per heavy atom. The predicted molar refractivity (Wildman–Crippen MR) is 155 cm³/mol. The molecule has 6 rings (SSSR count). The van der Waals surface area contributed by atoms with Crippen molar-refractivity contribution in [2.75, 3.05) is 37.8 Å². The van der Waals surface area contributed by atoms with Crippen LogP contribution < -0.4 is 10.6 Å². The van der Waals surface area contributed by atoms with Gasteiger partial charge in [-0.15, -0.1) is 11.3 Å². The van der Waals surface area contributed by atoms with Crippen molar-refractivity contribution in [2.45, 2.75) is 51.9 Å². The molecule has 0 bridgehead atoms. The van der Waals surface area contributed by atoms with Crippen molar-refractivity contribution in [3.05, 3.63) is 56.9 Å². The van der Waals surface area contributed by atoms with Crippen molar-refractivity contribution >= 4 is 44.6 Å². The van der Waals surface area contributed by atoms with Crippen molar-refractivity contribution in [1.29, 1.82) is 5.26 Å². The number of nitrogen functional groups attached to an aromatic ring is 1. The predicted octanol–water partition coefficient (Wildman–Crippen LogP) is 6.02. The Balaban J connectivity index is 1.50. The van der Waals surface area contributed by atoms with E-state index in [-0.39, 0.29) is 38.7 Å². The Kier molecular flexibility index (Phi) is 6.64. The van der Waals surface area contributed by atoms with E-state index in [1.807, 2.05) is 13.0 Å². The van der Waals surface area contributed by atoms with Crippen LogP contribution in [0.15, 0.2) is 18.3 Å². The summed E-state index contributed by atoms with van der Waals surface area (Å²) >= 11 is 0.998.